The van der Waals surface area contributed by atoms with Crippen LogP contribution in [0.3, 0.4) is 0 Å². The predicted octanol–water partition coefficient (Wildman–Crippen LogP) is 2.32. The predicted molar refractivity (Wildman–Crippen MR) is 80.7 cm³/mol. The van der Waals surface area contributed by atoms with Gasteiger partial charge in [-0.15, -0.1) is 0 Å². The van der Waals surface area contributed by atoms with Gasteiger partial charge in [-0.05, 0) is 30.5 Å². The summed E-state index contributed by atoms with van der Waals surface area (Å²) in [6, 6.07) is 8.65. The van der Waals surface area contributed by atoms with Crippen molar-refractivity contribution >= 4 is 24.2 Å². The lowest BCUT2D eigenvalue weighted by Gasteiger charge is -2.19. The van der Waals surface area contributed by atoms with Crippen LogP contribution in [0, 0.1) is 0 Å². The van der Waals surface area contributed by atoms with E-state index in [2.05, 4.69) is 41.8 Å². The number of amides is 1. The van der Waals surface area contributed by atoms with Crippen LogP contribution in [0.1, 0.15) is 24.8 Å². The van der Waals surface area contributed by atoms with Gasteiger partial charge in [-0.2, -0.15) is 12.6 Å². The van der Waals surface area contributed by atoms with Gasteiger partial charge in [0.05, 0.1) is 0 Å². The lowest BCUT2D eigenvalue weighted by molar-refractivity contribution is -0.128. The summed E-state index contributed by atoms with van der Waals surface area (Å²) in [6.07, 6.45) is 3.18. The molecule has 3 nitrogen and oxygen atoms in total. The van der Waals surface area contributed by atoms with Crippen molar-refractivity contribution in [2.24, 2.45) is 0 Å². The number of anilines is 1. The van der Waals surface area contributed by atoms with E-state index >= 15 is 0 Å². The SMILES string of the molecule is O=C1CC(S)CN1Cc1ccc(N2CCCC2)cc1. The molecule has 2 heterocycles. The van der Waals surface area contributed by atoms with Crippen LogP contribution in [0.5, 0.6) is 0 Å². The number of likely N-dealkylation sites (tertiary alicyclic amines) is 1. The van der Waals surface area contributed by atoms with Crippen LogP contribution in [-0.2, 0) is 11.3 Å². The van der Waals surface area contributed by atoms with Crippen molar-refractivity contribution in [2.45, 2.75) is 31.1 Å². The van der Waals surface area contributed by atoms with Gasteiger partial charge in [0.25, 0.3) is 0 Å². The van der Waals surface area contributed by atoms with Crippen LogP contribution in [0.4, 0.5) is 5.69 Å². The summed E-state index contributed by atoms with van der Waals surface area (Å²) in [5, 5.41) is 0.205. The van der Waals surface area contributed by atoms with E-state index in [4.69, 9.17) is 0 Å². The summed E-state index contributed by atoms with van der Waals surface area (Å²) in [5.74, 6) is 0.226. The van der Waals surface area contributed by atoms with Gasteiger partial charge < -0.3 is 9.80 Å². The molecule has 0 bridgehead atoms. The molecule has 0 spiro atoms. The van der Waals surface area contributed by atoms with E-state index in [9.17, 15) is 4.79 Å². The number of hydrogen-bond donors (Lipinski definition) is 1. The van der Waals surface area contributed by atoms with Crippen molar-refractivity contribution in [2.75, 3.05) is 24.5 Å². The Morgan fingerprint density at radius 1 is 1.16 bits per heavy atom. The molecular weight excluding hydrogens is 256 g/mol. The second-order valence-corrected chi connectivity index (χ2v) is 6.22. The fourth-order valence-electron chi connectivity index (χ4n) is 2.91. The Morgan fingerprint density at radius 3 is 2.42 bits per heavy atom. The summed E-state index contributed by atoms with van der Waals surface area (Å²) in [7, 11) is 0. The average molecular weight is 276 g/mol. The number of benzene rings is 1. The van der Waals surface area contributed by atoms with E-state index in [0.29, 0.717) is 6.42 Å². The van der Waals surface area contributed by atoms with Crippen molar-refractivity contribution in [3.8, 4) is 0 Å². The lowest BCUT2D eigenvalue weighted by Crippen LogP contribution is -2.24. The van der Waals surface area contributed by atoms with Gasteiger partial charge in [0.1, 0.15) is 0 Å². The quantitative estimate of drug-likeness (QED) is 0.857. The molecule has 1 aromatic rings. The van der Waals surface area contributed by atoms with Gasteiger partial charge in [0.15, 0.2) is 0 Å². The summed E-state index contributed by atoms with van der Waals surface area (Å²) >= 11 is 4.38. The molecule has 102 valence electrons. The molecule has 2 fully saturated rings. The Kier molecular flexibility index (Phi) is 3.69. The number of nitrogens with zero attached hydrogens (tertiary/aromatic N) is 2. The van der Waals surface area contributed by atoms with Gasteiger partial charge in [-0.25, -0.2) is 0 Å². The first kappa shape index (κ1) is 12.9. The van der Waals surface area contributed by atoms with E-state index in [1.54, 1.807) is 0 Å². The third-order valence-corrected chi connectivity index (χ3v) is 4.32. The molecule has 19 heavy (non-hydrogen) atoms. The van der Waals surface area contributed by atoms with E-state index in [0.717, 1.165) is 13.1 Å². The molecule has 0 aromatic heterocycles. The van der Waals surface area contributed by atoms with Gasteiger partial charge in [-0.1, -0.05) is 12.1 Å². The number of carbonyl (C=O) groups is 1. The second kappa shape index (κ2) is 5.45. The number of thiol groups is 1. The van der Waals surface area contributed by atoms with Crippen molar-refractivity contribution in [3.05, 3.63) is 29.8 Å². The van der Waals surface area contributed by atoms with E-state index in [1.807, 2.05) is 4.90 Å². The molecule has 2 aliphatic heterocycles. The standard InChI is InChI=1S/C15H20N2OS/c18-15-9-14(19)11-17(15)10-12-3-5-13(6-4-12)16-7-1-2-8-16/h3-6,14,19H,1-2,7-11H2. The third kappa shape index (κ3) is 2.89. The van der Waals surface area contributed by atoms with Crippen LogP contribution in [0.15, 0.2) is 24.3 Å². The van der Waals surface area contributed by atoms with Crippen LogP contribution in [0.25, 0.3) is 0 Å². The molecule has 0 radical (unpaired) electrons. The molecule has 0 aliphatic carbocycles. The van der Waals surface area contributed by atoms with Crippen LogP contribution in [0.2, 0.25) is 0 Å². The highest BCUT2D eigenvalue weighted by Gasteiger charge is 2.26. The summed E-state index contributed by atoms with van der Waals surface area (Å²) in [6.45, 7) is 3.84. The molecule has 3 rings (SSSR count). The number of hydrogen-bond acceptors (Lipinski definition) is 3. The smallest absolute Gasteiger partial charge is 0.224 e. The molecule has 1 amide bonds. The summed E-state index contributed by atoms with van der Waals surface area (Å²) in [4.78, 5) is 16.1. The van der Waals surface area contributed by atoms with Gasteiger partial charge in [-0.3, -0.25) is 4.79 Å². The van der Waals surface area contributed by atoms with Crippen LogP contribution < -0.4 is 4.90 Å². The highest BCUT2D eigenvalue weighted by atomic mass is 32.1. The van der Waals surface area contributed by atoms with E-state index < -0.39 is 0 Å². The van der Waals surface area contributed by atoms with Crippen molar-refractivity contribution in [1.82, 2.24) is 4.90 Å². The zero-order valence-electron chi connectivity index (χ0n) is 11.1. The third-order valence-electron chi connectivity index (χ3n) is 3.98. The van der Waals surface area contributed by atoms with Gasteiger partial charge in [0.2, 0.25) is 5.91 Å². The fourth-order valence-corrected chi connectivity index (χ4v) is 3.27. The van der Waals surface area contributed by atoms with Crippen molar-refractivity contribution < 1.29 is 4.79 Å². The van der Waals surface area contributed by atoms with Crippen LogP contribution in [-0.4, -0.2) is 35.7 Å². The zero-order chi connectivity index (χ0) is 13.2. The average Bonchev–Trinajstić information content (AvgIpc) is 3.01. The number of rotatable bonds is 3. The highest BCUT2D eigenvalue weighted by molar-refractivity contribution is 7.81. The van der Waals surface area contributed by atoms with Crippen molar-refractivity contribution in [3.63, 3.8) is 0 Å². The fraction of sp³-hybridized carbons (Fsp3) is 0.533. The van der Waals surface area contributed by atoms with Crippen molar-refractivity contribution in [1.29, 1.82) is 0 Å². The van der Waals surface area contributed by atoms with E-state index in [-0.39, 0.29) is 11.2 Å². The topological polar surface area (TPSA) is 23.6 Å². The Balaban J connectivity index is 1.64. The Bertz CT molecular complexity index is 454. The Hall–Kier alpha value is -1.16. The second-order valence-electron chi connectivity index (χ2n) is 5.49. The largest absolute Gasteiger partial charge is 0.372 e. The first-order valence-electron chi connectivity index (χ1n) is 7.02. The zero-order valence-corrected chi connectivity index (χ0v) is 12.0. The molecule has 0 saturated carbocycles. The first-order valence-corrected chi connectivity index (χ1v) is 7.54. The molecule has 2 aliphatic rings. The molecule has 1 unspecified atom stereocenters. The summed E-state index contributed by atoms with van der Waals surface area (Å²) in [5.41, 5.74) is 2.51. The van der Waals surface area contributed by atoms with Crippen LogP contribution >= 0.6 is 12.6 Å². The Labute approximate surface area is 120 Å². The molecular formula is C15H20N2OS. The minimum Gasteiger partial charge on any atom is -0.372 e. The normalized spacial score (nSPS) is 23.4. The minimum absolute atomic E-state index is 0.205. The molecule has 1 atom stereocenters. The van der Waals surface area contributed by atoms with Gasteiger partial charge in [0, 0.05) is 43.5 Å². The molecule has 0 N–H and O–H groups in total. The highest BCUT2D eigenvalue weighted by Crippen LogP contribution is 2.22. The lowest BCUT2D eigenvalue weighted by atomic mass is 10.2. The Morgan fingerprint density at radius 2 is 1.84 bits per heavy atom. The maximum Gasteiger partial charge on any atom is 0.224 e. The molecule has 2 saturated heterocycles. The monoisotopic (exact) mass is 276 g/mol. The number of carbonyl (C=O) groups excluding carboxylic acids is 1. The van der Waals surface area contributed by atoms with E-state index in [1.165, 1.54) is 37.2 Å². The molecule has 1 aromatic carbocycles. The first-order chi connectivity index (χ1) is 9.22. The van der Waals surface area contributed by atoms with Gasteiger partial charge >= 0.3 is 0 Å². The summed E-state index contributed by atoms with van der Waals surface area (Å²) < 4.78 is 0. The minimum atomic E-state index is 0.205. The maximum absolute atomic E-state index is 11.7. The maximum atomic E-state index is 11.7. The molecule has 4 heteroatoms.